The maximum Gasteiger partial charge on any atom is 0.282 e. The summed E-state index contributed by atoms with van der Waals surface area (Å²) in [4.78, 5) is 18.0. The van der Waals surface area contributed by atoms with Gasteiger partial charge >= 0.3 is 0 Å². The Morgan fingerprint density at radius 2 is 1.84 bits per heavy atom. The van der Waals surface area contributed by atoms with Gasteiger partial charge in [-0.1, -0.05) is 52.3 Å². The first-order valence-electron chi connectivity index (χ1n) is 9.53. The highest BCUT2D eigenvalue weighted by Gasteiger charge is 2.17. The summed E-state index contributed by atoms with van der Waals surface area (Å²) < 4.78 is 13.6. The largest absolute Gasteiger partial charge is 0.496 e. The summed E-state index contributed by atoms with van der Waals surface area (Å²) in [5.74, 6) is 1.41. The summed E-state index contributed by atoms with van der Waals surface area (Å²) in [6, 6.07) is 22.2. The van der Waals surface area contributed by atoms with E-state index >= 15 is 0 Å². The molecule has 6 nitrogen and oxygen atoms in total. The van der Waals surface area contributed by atoms with Crippen molar-refractivity contribution < 1.29 is 9.15 Å². The van der Waals surface area contributed by atoms with E-state index in [2.05, 4.69) is 21.0 Å². The lowest BCUT2D eigenvalue weighted by Gasteiger charge is -2.07. The molecule has 31 heavy (non-hydrogen) atoms. The van der Waals surface area contributed by atoms with Crippen LogP contribution in [-0.2, 0) is 0 Å². The van der Waals surface area contributed by atoms with Crippen molar-refractivity contribution in [1.82, 2.24) is 9.66 Å². The number of hydrogen-bond acceptors (Lipinski definition) is 5. The van der Waals surface area contributed by atoms with E-state index in [1.807, 2.05) is 54.6 Å². The molecule has 0 radical (unpaired) electrons. The van der Waals surface area contributed by atoms with Crippen LogP contribution in [0.3, 0.4) is 0 Å². The number of benzene rings is 3. The molecule has 0 N–H and O–H groups in total. The normalized spacial score (nSPS) is 11.5. The van der Waals surface area contributed by atoms with Crippen LogP contribution in [0.25, 0.3) is 33.5 Å². The van der Waals surface area contributed by atoms with Gasteiger partial charge in [0.05, 0.1) is 29.6 Å². The maximum absolute atomic E-state index is 13.3. The highest BCUT2D eigenvalue weighted by Crippen LogP contribution is 2.32. The molecule has 5 aromatic rings. The van der Waals surface area contributed by atoms with Crippen molar-refractivity contribution in [3.63, 3.8) is 0 Å². The maximum atomic E-state index is 13.3. The molecule has 0 saturated heterocycles. The van der Waals surface area contributed by atoms with Gasteiger partial charge in [0.15, 0.2) is 5.76 Å². The number of para-hydroxylation sites is 1. The van der Waals surface area contributed by atoms with Gasteiger partial charge in [0, 0.05) is 10.0 Å². The summed E-state index contributed by atoms with van der Waals surface area (Å²) in [6.07, 6.45) is 1.62. The lowest BCUT2D eigenvalue weighted by molar-refractivity contribution is 0.419. The highest BCUT2D eigenvalue weighted by molar-refractivity contribution is 9.10. The zero-order valence-electron chi connectivity index (χ0n) is 16.4. The van der Waals surface area contributed by atoms with E-state index < -0.39 is 0 Å². The molecule has 2 heterocycles. The summed E-state index contributed by atoms with van der Waals surface area (Å²) in [5, 5.41) is 5.74. The first-order chi connectivity index (χ1) is 15.2. The molecule has 7 heteroatoms. The average molecular weight is 474 g/mol. The molecule has 0 spiro atoms. The Labute approximate surface area is 185 Å². The van der Waals surface area contributed by atoms with E-state index in [4.69, 9.17) is 14.1 Å². The number of methoxy groups -OCH3 is 1. The molecule has 0 aliphatic rings. The van der Waals surface area contributed by atoms with Gasteiger partial charge in [-0.3, -0.25) is 4.79 Å². The number of aromatic nitrogens is 2. The van der Waals surface area contributed by atoms with Gasteiger partial charge in [-0.2, -0.15) is 9.78 Å². The van der Waals surface area contributed by atoms with E-state index in [1.54, 1.807) is 31.5 Å². The quantitative estimate of drug-likeness (QED) is 0.324. The van der Waals surface area contributed by atoms with Crippen molar-refractivity contribution >= 4 is 44.0 Å². The zero-order chi connectivity index (χ0) is 21.4. The van der Waals surface area contributed by atoms with Crippen LogP contribution in [0.15, 0.2) is 91.6 Å². The molecule has 0 bridgehead atoms. The fraction of sp³-hybridized carbons (Fsp3) is 0.0417. The van der Waals surface area contributed by atoms with Crippen LogP contribution in [0.1, 0.15) is 5.56 Å². The van der Waals surface area contributed by atoms with Crippen molar-refractivity contribution in [1.29, 1.82) is 0 Å². The molecule has 5 rings (SSSR count). The number of halogens is 1. The summed E-state index contributed by atoms with van der Waals surface area (Å²) in [7, 11) is 1.60. The van der Waals surface area contributed by atoms with Crippen LogP contribution >= 0.6 is 15.9 Å². The second-order valence-corrected chi connectivity index (χ2v) is 7.67. The number of furan rings is 1. The lowest BCUT2D eigenvalue weighted by atomic mass is 10.2. The lowest BCUT2D eigenvalue weighted by Crippen LogP contribution is -2.20. The van der Waals surface area contributed by atoms with Crippen LogP contribution in [0, 0.1) is 0 Å². The van der Waals surface area contributed by atoms with Gasteiger partial charge in [0.2, 0.25) is 5.82 Å². The molecule has 152 valence electrons. The molecule has 0 aliphatic heterocycles. The smallest absolute Gasteiger partial charge is 0.282 e. The first-order valence-corrected chi connectivity index (χ1v) is 10.3. The Hall–Kier alpha value is -3.71. The summed E-state index contributed by atoms with van der Waals surface area (Å²) >= 11 is 3.50. The Balaban J connectivity index is 1.77. The van der Waals surface area contributed by atoms with Gasteiger partial charge in [-0.05, 0) is 36.4 Å². The van der Waals surface area contributed by atoms with Gasteiger partial charge in [-0.25, -0.2) is 4.98 Å². The zero-order valence-corrected chi connectivity index (χ0v) is 18.0. The third kappa shape index (κ3) is 3.43. The van der Waals surface area contributed by atoms with Gasteiger partial charge in [0.1, 0.15) is 11.3 Å². The van der Waals surface area contributed by atoms with E-state index in [1.165, 1.54) is 4.68 Å². The minimum atomic E-state index is -0.281. The fourth-order valence-corrected chi connectivity index (χ4v) is 3.80. The van der Waals surface area contributed by atoms with E-state index in [9.17, 15) is 4.79 Å². The topological polar surface area (TPSA) is 69.6 Å². The van der Waals surface area contributed by atoms with Crippen molar-refractivity contribution in [3.05, 3.63) is 93.2 Å². The molecular weight excluding hydrogens is 458 g/mol. The molecule has 0 atom stereocenters. The minimum Gasteiger partial charge on any atom is -0.496 e. The number of fused-ring (bicyclic) bond motifs is 2. The molecule has 0 amide bonds. The summed E-state index contributed by atoms with van der Waals surface area (Å²) in [6.45, 7) is 0. The number of ether oxygens (including phenoxy) is 1. The van der Waals surface area contributed by atoms with Crippen LogP contribution in [0.2, 0.25) is 0 Å². The van der Waals surface area contributed by atoms with Crippen molar-refractivity contribution in [2.45, 2.75) is 0 Å². The predicted octanol–water partition coefficient (Wildman–Crippen LogP) is 5.46. The third-order valence-corrected chi connectivity index (χ3v) is 5.66. The van der Waals surface area contributed by atoms with Crippen molar-refractivity contribution in [3.8, 4) is 17.3 Å². The Morgan fingerprint density at radius 1 is 1.03 bits per heavy atom. The van der Waals surface area contributed by atoms with Crippen LogP contribution in [0.4, 0.5) is 0 Å². The Morgan fingerprint density at radius 3 is 2.68 bits per heavy atom. The minimum absolute atomic E-state index is 0.281. The average Bonchev–Trinajstić information content (AvgIpc) is 3.24. The first kappa shape index (κ1) is 19.3. The second-order valence-electron chi connectivity index (χ2n) is 6.82. The molecular formula is C24H16BrN3O3. The van der Waals surface area contributed by atoms with Crippen molar-refractivity contribution in [2.24, 2.45) is 5.10 Å². The molecule has 0 aliphatic carbocycles. The van der Waals surface area contributed by atoms with Gasteiger partial charge in [-0.15, -0.1) is 0 Å². The monoisotopic (exact) mass is 473 g/mol. The number of nitrogens with zero attached hydrogens (tertiary/aromatic N) is 3. The fourth-order valence-electron chi connectivity index (χ4n) is 3.41. The van der Waals surface area contributed by atoms with Crippen LogP contribution < -0.4 is 10.3 Å². The van der Waals surface area contributed by atoms with Gasteiger partial charge < -0.3 is 9.15 Å². The molecule has 2 aromatic heterocycles. The molecule has 3 aromatic carbocycles. The van der Waals surface area contributed by atoms with Crippen molar-refractivity contribution in [2.75, 3.05) is 7.11 Å². The SMILES string of the molecule is COc1cccc2oc(-c3nc4ccccc4c(=O)n3N=Cc3ccccc3Br)cc12. The highest BCUT2D eigenvalue weighted by atomic mass is 79.9. The third-order valence-electron chi connectivity index (χ3n) is 4.93. The standard InChI is InChI=1S/C24H16BrN3O3/c1-30-20-11-6-12-21-17(20)13-22(31-21)23-27-19-10-5-3-8-16(19)24(29)28(23)26-14-15-7-2-4-9-18(15)25/h2-14H,1H3. The van der Waals surface area contributed by atoms with E-state index in [0.717, 1.165) is 15.4 Å². The van der Waals surface area contributed by atoms with Gasteiger partial charge in [0.25, 0.3) is 5.56 Å². The molecule has 0 fully saturated rings. The van der Waals surface area contributed by atoms with Crippen LogP contribution in [-0.4, -0.2) is 23.0 Å². The predicted molar refractivity (Wildman–Crippen MR) is 125 cm³/mol. The molecule has 0 unspecified atom stereocenters. The van der Waals surface area contributed by atoms with E-state index in [0.29, 0.717) is 33.8 Å². The summed E-state index contributed by atoms with van der Waals surface area (Å²) in [5.41, 5.74) is 1.76. The van der Waals surface area contributed by atoms with E-state index in [-0.39, 0.29) is 5.56 Å². The second kappa shape index (κ2) is 7.85. The number of hydrogen-bond donors (Lipinski definition) is 0. The Bertz CT molecular complexity index is 1520. The Kier molecular flexibility index (Phi) is 4.88. The number of rotatable bonds is 4. The molecule has 0 saturated carbocycles. The van der Waals surface area contributed by atoms with Crippen LogP contribution in [0.5, 0.6) is 5.75 Å².